The first-order valence-electron chi connectivity index (χ1n) is 4.42. The lowest BCUT2D eigenvalue weighted by Crippen LogP contribution is -2.11. The summed E-state index contributed by atoms with van der Waals surface area (Å²) >= 11 is 0. The van der Waals surface area contributed by atoms with E-state index in [0.717, 1.165) is 6.42 Å². The maximum Gasteiger partial charge on any atom is 0.147 e. The quantitative estimate of drug-likeness (QED) is 0.356. The first-order chi connectivity index (χ1) is 6.85. The molecular formula is C10H16O4. The summed E-state index contributed by atoms with van der Waals surface area (Å²) in [4.78, 5) is 10.1. The van der Waals surface area contributed by atoms with Crippen LogP contribution in [0.5, 0.6) is 0 Å². The average molecular weight is 200 g/mol. The van der Waals surface area contributed by atoms with Crippen LogP contribution in [-0.2, 0) is 14.3 Å². The van der Waals surface area contributed by atoms with E-state index < -0.39 is 0 Å². The highest BCUT2D eigenvalue weighted by molar-refractivity contribution is 5.46. The van der Waals surface area contributed by atoms with Crippen LogP contribution in [0, 0.1) is 0 Å². The van der Waals surface area contributed by atoms with Gasteiger partial charge in [0.1, 0.15) is 12.7 Å². The Morgan fingerprint density at radius 3 is 2.86 bits per heavy atom. The van der Waals surface area contributed by atoms with E-state index in [1.807, 2.05) is 6.08 Å². The molecule has 0 aliphatic heterocycles. The second-order valence-electron chi connectivity index (χ2n) is 2.63. The van der Waals surface area contributed by atoms with Crippen molar-refractivity contribution in [3.63, 3.8) is 0 Å². The molecule has 0 saturated carbocycles. The molecule has 0 rings (SSSR count). The number of allylic oxidation sites excluding steroid dienone is 1. The van der Waals surface area contributed by atoms with Crippen molar-refractivity contribution in [2.45, 2.75) is 18.9 Å². The third-order valence-corrected chi connectivity index (χ3v) is 1.54. The van der Waals surface area contributed by atoms with E-state index in [1.165, 1.54) is 13.2 Å². The Labute approximate surface area is 83.8 Å². The maximum atomic E-state index is 10.1. The lowest BCUT2D eigenvalue weighted by atomic mass is 10.2. The molecule has 0 aromatic carbocycles. The molecule has 0 heterocycles. The number of aliphatic hydroxyl groups is 1. The van der Waals surface area contributed by atoms with Crippen LogP contribution in [0.1, 0.15) is 12.8 Å². The first-order valence-corrected chi connectivity index (χ1v) is 4.42. The summed E-state index contributed by atoms with van der Waals surface area (Å²) in [5, 5.41) is 8.47. The molecule has 4 nitrogen and oxygen atoms in total. The van der Waals surface area contributed by atoms with E-state index in [4.69, 9.17) is 14.6 Å². The number of ether oxygens (including phenoxy) is 2. The molecule has 0 spiro atoms. The number of aliphatic hydroxyl groups excluding tert-OH is 1. The molecule has 0 aliphatic carbocycles. The van der Waals surface area contributed by atoms with Crippen molar-refractivity contribution in [2.75, 3.05) is 20.5 Å². The van der Waals surface area contributed by atoms with Gasteiger partial charge in [-0.1, -0.05) is 12.2 Å². The zero-order chi connectivity index (χ0) is 10.6. The third-order valence-electron chi connectivity index (χ3n) is 1.54. The normalized spacial score (nSPS) is 12.7. The van der Waals surface area contributed by atoms with Crippen LogP contribution in [-0.4, -0.2) is 37.7 Å². The monoisotopic (exact) mass is 200 g/mol. The van der Waals surface area contributed by atoms with Crippen molar-refractivity contribution in [1.29, 1.82) is 0 Å². The molecular weight excluding hydrogens is 184 g/mol. The van der Waals surface area contributed by atoms with Gasteiger partial charge in [-0.25, -0.2) is 4.79 Å². The smallest absolute Gasteiger partial charge is 0.147 e. The van der Waals surface area contributed by atoms with Crippen LogP contribution in [0.15, 0.2) is 18.2 Å². The molecule has 4 heteroatoms. The summed E-state index contributed by atoms with van der Waals surface area (Å²) in [7, 11) is 1.52. The van der Waals surface area contributed by atoms with Gasteiger partial charge in [0.2, 0.25) is 0 Å². The van der Waals surface area contributed by atoms with Gasteiger partial charge in [-0.3, -0.25) is 0 Å². The fraction of sp³-hybridized carbons (Fsp3) is 0.600. The van der Waals surface area contributed by atoms with Gasteiger partial charge in [0.05, 0.1) is 12.7 Å². The summed E-state index contributed by atoms with van der Waals surface area (Å²) in [5.41, 5.74) is 0. The summed E-state index contributed by atoms with van der Waals surface area (Å²) in [6.07, 6.45) is 5.96. The Kier molecular flexibility index (Phi) is 9.48. The second kappa shape index (κ2) is 10.2. The Balaban J connectivity index is 3.72. The van der Waals surface area contributed by atoms with Gasteiger partial charge < -0.3 is 14.6 Å². The minimum absolute atomic E-state index is 0.0348. The van der Waals surface area contributed by atoms with Crippen LogP contribution in [0.3, 0.4) is 0 Å². The highest BCUT2D eigenvalue weighted by atomic mass is 16.7. The highest BCUT2D eigenvalue weighted by Gasteiger charge is 2.03. The SMILES string of the molecule is COCOC(C=C=O)CC/C=C\CO. The minimum Gasteiger partial charge on any atom is -0.392 e. The minimum atomic E-state index is -0.268. The molecule has 1 unspecified atom stereocenters. The predicted molar refractivity (Wildman–Crippen MR) is 52.5 cm³/mol. The molecule has 0 radical (unpaired) electrons. The van der Waals surface area contributed by atoms with Gasteiger partial charge in [0.25, 0.3) is 0 Å². The van der Waals surface area contributed by atoms with Crippen molar-refractivity contribution in [3.05, 3.63) is 18.2 Å². The molecule has 80 valence electrons. The Morgan fingerprint density at radius 2 is 2.29 bits per heavy atom. The summed E-state index contributed by atoms with van der Waals surface area (Å²) in [6.45, 7) is 0.194. The largest absolute Gasteiger partial charge is 0.392 e. The van der Waals surface area contributed by atoms with Crippen molar-refractivity contribution >= 4 is 5.94 Å². The van der Waals surface area contributed by atoms with Gasteiger partial charge in [-0.05, 0) is 12.8 Å². The van der Waals surface area contributed by atoms with Gasteiger partial charge in [-0.15, -0.1) is 0 Å². The third kappa shape index (κ3) is 7.71. The summed E-state index contributed by atoms with van der Waals surface area (Å²) < 4.78 is 9.89. The van der Waals surface area contributed by atoms with E-state index in [9.17, 15) is 4.79 Å². The predicted octanol–water partition coefficient (Wildman–Crippen LogP) is 0.692. The Hall–Kier alpha value is -0.930. The molecule has 0 aliphatic rings. The number of rotatable bonds is 8. The number of hydrogen-bond acceptors (Lipinski definition) is 4. The number of hydrogen-bond donors (Lipinski definition) is 1. The molecule has 1 atom stereocenters. The summed E-state index contributed by atoms with van der Waals surface area (Å²) in [6, 6.07) is 0. The van der Waals surface area contributed by atoms with E-state index in [0.29, 0.717) is 6.42 Å². The molecule has 0 aromatic rings. The zero-order valence-electron chi connectivity index (χ0n) is 8.31. The van der Waals surface area contributed by atoms with Crippen molar-refractivity contribution in [2.24, 2.45) is 0 Å². The van der Waals surface area contributed by atoms with Gasteiger partial charge in [0, 0.05) is 13.2 Å². The standard InChI is InChI=1S/C10H16O4/c1-13-9-14-10(6-8-12)5-3-2-4-7-11/h2,4,6,10-11H,3,5,7,9H2,1H3/b4-2-. The lowest BCUT2D eigenvalue weighted by Gasteiger charge is -2.10. The molecule has 0 bridgehead atoms. The second-order valence-corrected chi connectivity index (χ2v) is 2.63. The van der Waals surface area contributed by atoms with Crippen molar-refractivity contribution in [3.8, 4) is 0 Å². The number of methoxy groups -OCH3 is 1. The fourth-order valence-corrected chi connectivity index (χ4v) is 0.899. The lowest BCUT2D eigenvalue weighted by molar-refractivity contribution is -0.0568. The Morgan fingerprint density at radius 1 is 1.50 bits per heavy atom. The number of carbonyl (C=O) groups excluding carboxylic acids is 1. The highest BCUT2D eigenvalue weighted by Crippen LogP contribution is 2.03. The van der Waals surface area contributed by atoms with E-state index in [-0.39, 0.29) is 19.5 Å². The van der Waals surface area contributed by atoms with Gasteiger partial charge >= 0.3 is 0 Å². The topological polar surface area (TPSA) is 55.8 Å². The molecule has 0 fully saturated rings. The molecule has 0 amide bonds. The van der Waals surface area contributed by atoms with Crippen molar-refractivity contribution < 1.29 is 19.4 Å². The average Bonchev–Trinajstić information content (AvgIpc) is 2.20. The maximum absolute atomic E-state index is 10.1. The van der Waals surface area contributed by atoms with E-state index in [1.54, 1.807) is 12.0 Å². The Bertz CT molecular complexity index is 194. The van der Waals surface area contributed by atoms with Crippen LogP contribution in [0.4, 0.5) is 0 Å². The van der Waals surface area contributed by atoms with Crippen molar-refractivity contribution in [1.82, 2.24) is 0 Å². The van der Waals surface area contributed by atoms with E-state index in [2.05, 4.69) is 0 Å². The van der Waals surface area contributed by atoms with Crippen LogP contribution in [0.2, 0.25) is 0 Å². The fourth-order valence-electron chi connectivity index (χ4n) is 0.899. The summed E-state index contributed by atoms with van der Waals surface area (Å²) in [5.74, 6) is 1.69. The van der Waals surface area contributed by atoms with Gasteiger partial charge in [-0.2, -0.15) is 0 Å². The van der Waals surface area contributed by atoms with Crippen LogP contribution >= 0.6 is 0 Å². The molecule has 0 saturated heterocycles. The van der Waals surface area contributed by atoms with Gasteiger partial charge in [0.15, 0.2) is 0 Å². The van der Waals surface area contributed by atoms with E-state index >= 15 is 0 Å². The molecule has 0 aromatic heterocycles. The van der Waals surface area contributed by atoms with Crippen LogP contribution < -0.4 is 0 Å². The first kappa shape index (κ1) is 13.1. The zero-order valence-corrected chi connectivity index (χ0v) is 8.31. The molecule has 1 N–H and O–H groups in total. The van der Waals surface area contributed by atoms with Crippen LogP contribution in [0.25, 0.3) is 0 Å². The molecule has 14 heavy (non-hydrogen) atoms.